The van der Waals surface area contributed by atoms with E-state index in [1.807, 2.05) is 18.7 Å². The minimum Gasteiger partial charge on any atom is -0.452 e. The van der Waals surface area contributed by atoms with Crippen molar-refractivity contribution in [3.63, 3.8) is 0 Å². The van der Waals surface area contributed by atoms with E-state index in [1.54, 1.807) is 0 Å². The van der Waals surface area contributed by atoms with Crippen molar-refractivity contribution in [2.45, 2.75) is 44.9 Å². The topological polar surface area (TPSA) is 41.6 Å². The van der Waals surface area contributed by atoms with Crippen LogP contribution in [-0.4, -0.2) is 49.4 Å². The van der Waals surface area contributed by atoms with Crippen molar-refractivity contribution in [2.24, 2.45) is 0 Å². The smallest absolute Gasteiger partial charge is 0.294 e. The standard InChI is InChI=1S/C11H21FN2O2/c1-9(2)14(7-16-8-15)6-4-11-10(12)3-5-13-11/h8-11,13H,3-7H2,1-2H3. The lowest BCUT2D eigenvalue weighted by atomic mass is 10.1. The Bertz CT molecular complexity index is 214. The number of carbonyl (C=O) groups is 1. The average Bonchev–Trinajstić information content (AvgIpc) is 2.64. The predicted molar refractivity (Wildman–Crippen MR) is 59.8 cm³/mol. The summed E-state index contributed by atoms with van der Waals surface area (Å²) in [5, 5.41) is 3.14. The molecule has 0 aromatic heterocycles. The van der Waals surface area contributed by atoms with Gasteiger partial charge in [-0.15, -0.1) is 0 Å². The molecule has 1 N–H and O–H groups in total. The normalized spacial score (nSPS) is 25.3. The Hall–Kier alpha value is -0.680. The fourth-order valence-corrected chi connectivity index (χ4v) is 1.92. The number of hydrogen-bond acceptors (Lipinski definition) is 4. The van der Waals surface area contributed by atoms with Crippen LogP contribution in [0.1, 0.15) is 26.7 Å². The lowest BCUT2D eigenvalue weighted by Gasteiger charge is -2.26. The van der Waals surface area contributed by atoms with Gasteiger partial charge in [-0.3, -0.25) is 9.69 Å². The molecule has 5 heteroatoms. The molecule has 1 aliphatic heterocycles. The Morgan fingerprint density at radius 1 is 1.62 bits per heavy atom. The molecule has 2 atom stereocenters. The van der Waals surface area contributed by atoms with Crippen molar-refractivity contribution in [1.82, 2.24) is 10.2 Å². The maximum absolute atomic E-state index is 13.3. The Kier molecular flexibility index (Phi) is 5.69. The molecule has 1 fully saturated rings. The Morgan fingerprint density at radius 3 is 2.88 bits per heavy atom. The van der Waals surface area contributed by atoms with E-state index in [1.165, 1.54) is 0 Å². The predicted octanol–water partition coefficient (Wildman–Crippen LogP) is 0.917. The molecule has 0 bridgehead atoms. The third-order valence-electron chi connectivity index (χ3n) is 3.03. The van der Waals surface area contributed by atoms with Crippen molar-refractivity contribution in [2.75, 3.05) is 19.8 Å². The summed E-state index contributed by atoms with van der Waals surface area (Å²) in [7, 11) is 0. The molecule has 0 spiro atoms. The number of alkyl halides is 1. The van der Waals surface area contributed by atoms with Gasteiger partial charge < -0.3 is 10.1 Å². The van der Waals surface area contributed by atoms with Crippen molar-refractivity contribution < 1.29 is 13.9 Å². The summed E-state index contributed by atoms with van der Waals surface area (Å²) in [6, 6.07) is 0.247. The number of carbonyl (C=O) groups excluding carboxylic acids is 1. The van der Waals surface area contributed by atoms with Crippen LogP contribution in [0.15, 0.2) is 0 Å². The summed E-state index contributed by atoms with van der Waals surface area (Å²) in [4.78, 5) is 12.1. The zero-order valence-corrected chi connectivity index (χ0v) is 9.99. The molecule has 0 aromatic rings. The summed E-state index contributed by atoms with van der Waals surface area (Å²) in [6.07, 6.45) is 0.625. The molecular weight excluding hydrogens is 211 g/mol. The summed E-state index contributed by atoms with van der Waals surface area (Å²) < 4.78 is 18.1. The lowest BCUT2D eigenvalue weighted by Crippen LogP contribution is -2.38. The van der Waals surface area contributed by atoms with Gasteiger partial charge in [0.2, 0.25) is 0 Å². The van der Waals surface area contributed by atoms with Gasteiger partial charge in [0.25, 0.3) is 6.47 Å². The molecule has 1 heterocycles. The second-order valence-corrected chi connectivity index (χ2v) is 4.45. The highest BCUT2D eigenvalue weighted by atomic mass is 19.1. The van der Waals surface area contributed by atoms with E-state index in [-0.39, 0.29) is 12.8 Å². The van der Waals surface area contributed by atoms with E-state index in [0.29, 0.717) is 18.9 Å². The molecule has 0 aromatic carbocycles. The van der Waals surface area contributed by atoms with Gasteiger partial charge in [0.05, 0.1) is 0 Å². The van der Waals surface area contributed by atoms with Crippen LogP contribution in [-0.2, 0) is 9.53 Å². The first-order valence-electron chi connectivity index (χ1n) is 5.82. The van der Waals surface area contributed by atoms with Crippen molar-refractivity contribution in [3.05, 3.63) is 0 Å². The first kappa shape index (κ1) is 13.4. The van der Waals surface area contributed by atoms with E-state index in [4.69, 9.17) is 4.74 Å². The van der Waals surface area contributed by atoms with E-state index in [9.17, 15) is 9.18 Å². The van der Waals surface area contributed by atoms with Crippen LogP contribution in [0.4, 0.5) is 4.39 Å². The monoisotopic (exact) mass is 232 g/mol. The van der Waals surface area contributed by atoms with Gasteiger partial charge in [-0.25, -0.2) is 4.39 Å². The quantitative estimate of drug-likeness (QED) is 0.523. The second-order valence-electron chi connectivity index (χ2n) is 4.45. The van der Waals surface area contributed by atoms with Crippen LogP contribution in [0.2, 0.25) is 0 Å². The minimum atomic E-state index is -0.735. The van der Waals surface area contributed by atoms with Gasteiger partial charge in [-0.05, 0) is 33.2 Å². The largest absolute Gasteiger partial charge is 0.452 e. The van der Waals surface area contributed by atoms with Gasteiger partial charge in [0, 0.05) is 18.6 Å². The zero-order chi connectivity index (χ0) is 12.0. The molecule has 0 radical (unpaired) electrons. The third-order valence-corrected chi connectivity index (χ3v) is 3.03. The van der Waals surface area contributed by atoms with Crippen LogP contribution in [0, 0.1) is 0 Å². The molecule has 1 aliphatic rings. The van der Waals surface area contributed by atoms with Crippen LogP contribution < -0.4 is 5.32 Å². The molecule has 94 valence electrons. The van der Waals surface area contributed by atoms with E-state index in [2.05, 4.69) is 5.32 Å². The number of rotatable bonds is 7. The van der Waals surface area contributed by atoms with Gasteiger partial charge >= 0.3 is 0 Å². The highest BCUT2D eigenvalue weighted by molar-refractivity contribution is 5.36. The van der Waals surface area contributed by atoms with Gasteiger partial charge in [0.1, 0.15) is 12.9 Å². The summed E-state index contributed by atoms with van der Waals surface area (Å²) in [5.74, 6) is 0. The van der Waals surface area contributed by atoms with E-state index >= 15 is 0 Å². The highest BCUT2D eigenvalue weighted by Crippen LogP contribution is 2.15. The molecule has 2 unspecified atom stereocenters. The third kappa shape index (κ3) is 4.06. The number of hydrogen-bond donors (Lipinski definition) is 1. The maximum Gasteiger partial charge on any atom is 0.294 e. The molecule has 16 heavy (non-hydrogen) atoms. The molecular formula is C11H21FN2O2. The number of ether oxygens (including phenoxy) is 1. The van der Waals surface area contributed by atoms with Crippen LogP contribution >= 0.6 is 0 Å². The Balaban J connectivity index is 2.28. The van der Waals surface area contributed by atoms with E-state index in [0.717, 1.165) is 19.5 Å². The molecule has 0 amide bonds. The van der Waals surface area contributed by atoms with Crippen LogP contribution in [0.5, 0.6) is 0 Å². The Morgan fingerprint density at radius 2 is 2.38 bits per heavy atom. The lowest BCUT2D eigenvalue weighted by molar-refractivity contribution is -0.134. The van der Waals surface area contributed by atoms with Crippen LogP contribution in [0.3, 0.4) is 0 Å². The number of nitrogens with one attached hydrogen (secondary N) is 1. The van der Waals surface area contributed by atoms with Gasteiger partial charge in [-0.2, -0.15) is 0 Å². The summed E-state index contributed by atoms with van der Waals surface area (Å²) in [5.41, 5.74) is 0. The molecule has 4 nitrogen and oxygen atoms in total. The van der Waals surface area contributed by atoms with Gasteiger partial charge in [0.15, 0.2) is 0 Å². The number of nitrogens with zero attached hydrogens (tertiary/aromatic N) is 1. The summed E-state index contributed by atoms with van der Waals surface area (Å²) in [6.45, 7) is 6.29. The maximum atomic E-state index is 13.3. The molecule has 0 saturated carbocycles. The van der Waals surface area contributed by atoms with Gasteiger partial charge in [-0.1, -0.05) is 0 Å². The Labute approximate surface area is 96.1 Å². The first-order valence-corrected chi connectivity index (χ1v) is 5.82. The van der Waals surface area contributed by atoms with Crippen LogP contribution in [0.25, 0.3) is 0 Å². The number of halogens is 1. The second kappa shape index (κ2) is 6.81. The molecule has 1 rings (SSSR count). The highest BCUT2D eigenvalue weighted by Gasteiger charge is 2.26. The fourth-order valence-electron chi connectivity index (χ4n) is 1.92. The minimum absolute atomic E-state index is 0.0440. The first-order chi connectivity index (χ1) is 7.65. The van der Waals surface area contributed by atoms with E-state index < -0.39 is 6.17 Å². The van der Waals surface area contributed by atoms with Crippen molar-refractivity contribution in [1.29, 1.82) is 0 Å². The molecule has 1 saturated heterocycles. The SMILES string of the molecule is CC(C)N(CCC1NCCC1F)COC=O. The van der Waals surface area contributed by atoms with Crippen molar-refractivity contribution in [3.8, 4) is 0 Å². The average molecular weight is 232 g/mol. The fraction of sp³-hybridized carbons (Fsp3) is 0.909. The zero-order valence-electron chi connectivity index (χ0n) is 9.99. The van der Waals surface area contributed by atoms with Crippen molar-refractivity contribution >= 4 is 6.47 Å². The summed E-state index contributed by atoms with van der Waals surface area (Å²) >= 11 is 0. The molecule has 0 aliphatic carbocycles.